The van der Waals surface area contributed by atoms with Gasteiger partial charge in [-0.3, -0.25) is 4.79 Å². The summed E-state index contributed by atoms with van der Waals surface area (Å²) >= 11 is 7.19. The normalized spacial score (nSPS) is 11.9. The van der Waals surface area contributed by atoms with Crippen molar-refractivity contribution < 1.29 is 13.9 Å². The van der Waals surface area contributed by atoms with Crippen LogP contribution in [0.4, 0.5) is 0 Å². The van der Waals surface area contributed by atoms with Gasteiger partial charge in [0.1, 0.15) is 16.1 Å². The highest BCUT2D eigenvalue weighted by Gasteiger charge is 2.14. The average molecular weight is 466 g/mol. The van der Waals surface area contributed by atoms with Crippen LogP contribution in [-0.2, 0) is 0 Å². The number of nitrogens with zero attached hydrogens (tertiary/aromatic N) is 3. The van der Waals surface area contributed by atoms with E-state index in [4.69, 9.17) is 25.5 Å². The number of halogens is 1. The van der Waals surface area contributed by atoms with Crippen molar-refractivity contribution in [2.24, 2.45) is 0 Å². The summed E-state index contributed by atoms with van der Waals surface area (Å²) in [5.74, 6) is 2.86. The SMILES string of the molecule is COc1ccc(-c2nc3s/c(=C\c4ccc(-c5ccc(Cl)cc5)o4)c(=O)n3n2)cc1OC. The van der Waals surface area contributed by atoms with Gasteiger partial charge in [0, 0.05) is 22.2 Å². The van der Waals surface area contributed by atoms with E-state index < -0.39 is 0 Å². The lowest BCUT2D eigenvalue weighted by Gasteiger charge is -2.07. The van der Waals surface area contributed by atoms with Crippen molar-refractivity contribution in [2.75, 3.05) is 14.2 Å². The van der Waals surface area contributed by atoms with Crippen molar-refractivity contribution in [2.45, 2.75) is 0 Å². The highest BCUT2D eigenvalue weighted by Crippen LogP contribution is 2.31. The van der Waals surface area contributed by atoms with E-state index in [0.717, 1.165) is 11.1 Å². The first-order chi connectivity index (χ1) is 15.6. The lowest BCUT2D eigenvalue weighted by Crippen LogP contribution is -2.23. The molecule has 3 heterocycles. The first-order valence-electron chi connectivity index (χ1n) is 9.55. The Balaban J connectivity index is 1.49. The molecule has 3 aromatic heterocycles. The molecule has 0 unspecified atom stereocenters. The van der Waals surface area contributed by atoms with E-state index in [1.807, 2.05) is 30.3 Å². The second kappa shape index (κ2) is 8.14. The number of fused-ring (bicyclic) bond motifs is 1. The van der Waals surface area contributed by atoms with Crippen LogP contribution in [0.15, 0.2) is 63.8 Å². The number of aromatic nitrogens is 3. The van der Waals surface area contributed by atoms with Crippen molar-refractivity contribution in [1.82, 2.24) is 14.6 Å². The van der Waals surface area contributed by atoms with Crippen LogP contribution in [0.25, 0.3) is 33.7 Å². The van der Waals surface area contributed by atoms with E-state index in [1.54, 1.807) is 44.6 Å². The molecule has 0 spiro atoms. The Kier molecular flexibility index (Phi) is 5.16. The molecule has 9 heteroatoms. The van der Waals surface area contributed by atoms with Gasteiger partial charge in [-0.05, 0) is 54.6 Å². The fraction of sp³-hybridized carbons (Fsp3) is 0.0870. The minimum Gasteiger partial charge on any atom is -0.493 e. The Bertz CT molecular complexity index is 1540. The number of ether oxygens (including phenoxy) is 2. The maximum absolute atomic E-state index is 12.9. The molecule has 0 bridgehead atoms. The van der Waals surface area contributed by atoms with Crippen LogP contribution in [0.3, 0.4) is 0 Å². The first kappa shape index (κ1) is 20.3. The molecule has 0 saturated carbocycles. The summed E-state index contributed by atoms with van der Waals surface area (Å²) in [6.07, 6.45) is 1.69. The highest BCUT2D eigenvalue weighted by molar-refractivity contribution is 7.15. The molecule has 32 heavy (non-hydrogen) atoms. The fourth-order valence-electron chi connectivity index (χ4n) is 3.26. The Labute approximate surface area is 191 Å². The van der Waals surface area contributed by atoms with Gasteiger partial charge in [-0.15, -0.1) is 5.10 Å². The molecule has 0 aliphatic rings. The van der Waals surface area contributed by atoms with Crippen molar-refractivity contribution >= 4 is 34.0 Å². The second-order valence-corrected chi connectivity index (χ2v) is 8.27. The van der Waals surface area contributed by atoms with E-state index in [0.29, 0.717) is 43.4 Å². The smallest absolute Gasteiger partial charge is 0.291 e. The third-order valence-electron chi connectivity index (χ3n) is 4.85. The van der Waals surface area contributed by atoms with Gasteiger partial charge in [-0.2, -0.15) is 9.50 Å². The van der Waals surface area contributed by atoms with Gasteiger partial charge >= 0.3 is 0 Å². The highest BCUT2D eigenvalue weighted by atomic mass is 35.5. The molecule has 0 N–H and O–H groups in total. The van der Waals surface area contributed by atoms with E-state index in [-0.39, 0.29) is 5.56 Å². The van der Waals surface area contributed by atoms with E-state index in [9.17, 15) is 4.79 Å². The predicted octanol–water partition coefficient (Wildman–Crippen LogP) is 4.30. The molecule has 2 aromatic carbocycles. The number of methoxy groups -OCH3 is 2. The molecule has 5 rings (SSSR count). The van der Waals surface area contributed by atoms with Crippen molar-refractivity contribution in [3.63, 3.8) is 0 Å². The molecular weight excluding hydrogens is 450 g/mol. The van der Waals surface area contributed by atoms with Gasteiger partial charge in [0.2, 0.25) is 4.96 Å². The summed E-state index contributed by atoms with van der Waals surface area (Å²) in [7, 11) is 3.13. The van der Waals surface area contributed by atoms with Crippen LogP contribution >= 0.6 is 22.9 Å². The summed E-state index contributed by atoms with van der Waals surface area (Å²) in [6, 6.07) is 16.4. The number of benzene rings is 2. The van der Waals surface area contributed by atoms with Gasteiger partial charge in [-0.1, -0.05) is 22.9 Å². The van der Waals surface area contributed by atoms with Crippen molar-refractivity contribution in [3.8, 4) is 34.2 Å². The number of rotatable bonds is 5. The predicted molar refractivity (Wildman–Crippen MR) is 124 cm³/mol. The van der Waals surface area contributed by atoms with Gasteiger partial charge in [0.15, 0.2) is 17.3 Å². The van der Waals surface area contributed by atoms with Gasteiger partial charge in [0.05, 0.1) is 14.2 Å². The minimum atomic E-state index is -0.256. The topological polar surface area (TPSA) is 78.9 Å². The third-order valence-corrected chi connectivity index (χ3v) is 6.06. The summed E-state index contributed by atoms with van der Waals surface area (Å²) in [5.41, 5.74) is 1.37. The zero-order valence-corrected chi connectivity index (χ0v) is 18.6. The number of furan rings is 1. The lowest BCUT2D eigenvalue weighted by molar-refractivity contribution is 0.355. The van der Waals surface area contributed by atoms with Gasteiger partial charge in [0.25, 0.3) is 5.56 Å². The number of thiazole rings is 1. The summed E-state index contributed by atoms with van der Waals surface area (Å²) < 4.78 is 18.2. The molecule has 0 radical (unpaired) electrons. The molecule has 160 valence electrons. The Morgan fingerprint density at radius 3 is 2.47 bits per heavy atom. The molecule has 0 aliphatic heterocycles. The quantitative estimate of drug-likeness (QED) is 0.385. The van der Waals surface area contributed by atoms with Crippen LogP contribution in [0.1, 0.15) is 5.76 Å². The Hall–Kier alpha value is -3.62. The summed E-state index contributed by atoms with van der Waals surface area (Å²) in [6.45, 7) is 0. The van der Waals surface area contributed by atoms with E-state index in [2.05, 4.69) is 10.1 Å². The molecular formula is C23H16ClN3O4S. The first-order valence-corrected chi connectivity index (χ1v) is 10.7. The summed E-state index contributed by atoms with van der Waals surface area (Å²) in [5, 5.41) is 5.04. The standard InChI is InChI=1S/C23H16ClN3O4S/c1-29-18-9-5-14(11-19(18)30-2)21-25-23-27(26-21)22(28)20(32-23)12-16-8-10-17(31-16)13-3-6-15(24)7-4-13/h3-12H,1-2H3/b20-12-. The zero-order chi connectivity index (χ0) is 22.2. The minimum absolute atomic E-state index is 0.256. The largest absolute Gasteiger partial charge is 0.493 e. The van der Waals surface area contributed by atoms with Crippen LogP contribution in [-0.4, -0.2) is 28.8 Å². The zero-order valence-electron chi connectivity index (χ0n) is 17.0. The number of hydrogen-bond donors (Lipinski definition) is 0. The summed E-state index contributed by atoms with van der Waals surface area (Å²) in [4.78, 5) is 17.9. The van der Waals surface area contributed by atoms with Crippen molar-refractivity contribution in [3.05, 3.63) is 80.3 Å². The number of hydrogen-bond acceptors (Lipinski definition) is 7. The van der Waals surface area contributed by atoms with Gasteiger partial charge < -0.3 is 13.9 Å². The Morgan fingerprint density at radius 1 is 1.00 bits per heavy atom. The molecule has 0 saturated heterocycles. The molecule has 5 aromatic rings. The third kappa shape index (κ3) is 3.63. The maximum atomic E-state index is 12.9. The molecule has 0 amide bonds. The van der Waals surface area contributed by atoms with Crippen molar-refractivity contribution in [1.29, 1.82) is 0 Å². The average Bonchev–Trinajstić information content (AvgIpc) is 3.51. The molecule has 7 nitrogen and oxygen atoms in total. The van der Waals surface area contributed by atoms with Gasteiger partial charge in [-0.25, -0.2) is 0 Å². The molecule has 0 aliphatic carbocycles. The fourth-order valence-corrected chi connectivity index (χ4v) is 4.27. The maximum Gasteiger partial charge on any atom is 0.291 e. The van der Waals surface area contributed by atoms with Crippen LogP contribution < -0.4 is 19.6 Å². The second-order valence-electron chi connectivity index (χ2n) is 6.82. The van der Waals surface area contributed by atoms with E-state index in [1.165, 1.54) is 15.9 Å². The van der Waals surface area contributed by atoms with E-state index >= 15 is 0 Å². The van der Waals surface area contributed by atoms with Crippen LogP contribution in [0, 0.1) is 0 Å². The lowest BCUT2D eigenvalue weighted by atomic mass is 10.2. The monoisotopic (exact) mass is 465 g/mol. The molecule has 0 fully saturated rings. The Morgan fingerprint density at radius 2 is 1.75 bits per heavy atom. The van der Waals surface area contributed by atoms with Crippen LogP contribution in [0.2, 0.25) is 5.02 Å². The molecule has 0 atom stereocenters. The van der Waals surface area contributed by atoms with Crippen LogP contribution in [0.5, 0.6) is 11.5 Å².